The van der Waals surface area contributed by atoms with Crippen molar-refractivity contribution in [2.75, 3.05) is 7.05 Å². The summed E-state index contributed by atoms with van der Waals surface area (Å²) in [6.07, 6.45) is 3.96. The van der Waals surface area contributed by atoms with Crippen LogP contribution in [0.25, 0.3) is 0 Å². The Morgan fingerprint density at radius 1 is 1.43 bits per heavy atom. The number of aromatic nitrogens is 2. The van der Waals surface area contributed by atoms with Crippen molar-refractivity contribution >= 4 is 0 Å². The zero-order valence-electron chi connectivity index (χ0n) is 8.88. The first kappa shape index (κ1) is 9.59. The van der Waals surface area contributed by atoms with Gasteiger partial charge in [0.15, 0.2) is 0 Å². The van der Waals surface area contributed by atoms with Crippen LogP contribution in [0, 0.1) is 6.92 Å². The van der Waals surface area contributed by atoms with E-state index in [2.05, 4.69) is 21.4 Å². The summed E-state index contributed by atoms with van der Waals surface area (Å²) in [7, 11) is 1.93. The predicted octanol–water partition coefficient (Wildman–Crippen LogP) is 1.77. The van der Waals surface area contributed by atoms with E-state index < -0.39 is 0 Å². The lowest BCUT2D eigenvalue weighted by atomic mass is 9.82. The molecule has 0 saturated heterocycles. The minimum absolute atomic E-state index is 0.701. The van der Waals surface area contributed by atoms with E-state index in [-0.39, 0.29) is 0 Å². The topological polar surface area (TPSA) is 37.8 Å². The highest BCUT2D eigenvalue weighted by Gasteiger charge is 2.21. The van der Waals surface area contributed by atoms with Gasteiger partial charge >= 0.3 is 0 Å². The Morgan fingerprint density at radius 3 is 2.79 bits per heavy atom. The first-order valence-corrected chi connectivity index (χ1v) is 5.28. The molecule has 1 aliphatic carbocycles. The summed E-state index contributed by atoms with van der Waals surface area (Å²) in [4.78, 5) is 8.96. The van der Waals surface area contributed by atoms with Gasteiger partial charge in [0.2, 0.25) is 0 Å². The molecule has 0 aromatic carbocycles. The molecule has 0 spiro atoms. The molecule has 2 rings (SSSR count). The third-order valence-corrected chi connectivity index (χ3v) is 2.78. The van der Waals surface area contributed by atoms with Gasteiger partial charge in [0.25, 0.3) is 0 Å². The van der Waals surface area contributed by atoms with Gasteiger partial charge in [-0.05, 0) is 32.9 Å². The standard InChI is InChI=1S/C11H17N3/c1-8-6-10(9-4-3-5-9)14-11(13-8)7-12-2/h6,9,12H,3-5,7H2,1-2H3. The smallest absolute Gasteiger partial charge is 0.142 e. The fourth-order valence-electron chi connectivity index (χ4n) is 1.81. The molecule has 0 unspecified atom stereocenters. The van der Waals surface area contributed by atoms with Gasteiger partial charge < -0.3 is 5.32 Å². The maximum atomic E-state index is 4.57. The van der Waals surface area contributed by atoms with Crippen LogP contribution in [-0.2, 0) is 6.54 Å². The molecule has 0 aliphatic heterocycles. The summed E-state index contributed by atoms with van der Waals surface area (Å²) in [6, 6.07) is 2.13. The fourth-order valence-corrected chi connectivity index (χ4v) is 1.81. The first-order valence-electron chi connectivity index (χ1n) is 5.28. The van der Waals surface area contributed by atoms with E-state index in [0.29, 0.717) is 5.92 Å². The molecule has 1 aliphatic rings. The second-order valence-electron chi connectivity index (χ2n) is 4.01. The Hall–Kier alpha value is -0.960. The van der Waals surface area contributed by atoms with Crippen LogP contribution in [0.15, 0.2) is 6.07 Å². The molecule has 3 heteroatoms. The van der Waals surface area contributed by atoms with Crippen molar-refractivity contribution in [1.29, 1.82) is 0 Å². The van der Waals surface area contributed by atoms with Crippen LogP contribution in [-0.4, -0.2) is 17.0 Å². The van der Waals surface area contributed by atoms with Crippen molar-refractivity contribution in [2.45, 2.75) is 38.6 Å². The molecular weight excluding hydrogens is 174 g/mol. The van der Waals surface area contributed by atoms with Crippen molar-refractivity contribution in [3.8, 4) is 0 Å². The quantitative estimate of drug-likeness (QED) is 0.791. The lowest BCUT2D eigenvalue weighted by molar-refractivity contribution is 0.408. The summed E-state index contributed by atoms with van der Waals surface area (Å²) >= 11 is 0. The minimum Gasteiger partial charge on any atom is -0.313 e. The maximum absolute atomic E-state index is 4.57. The Labute approximate surface area is 85.0 Å². The summed E-state index contributed by atoms with van der Waals surface area (Å²) in [5.41, 5.74) is 2.33. The number of nitrogens with zero attached hydrogens (tertiary/aromatic N) is 2. The highest BCUT2D eigenvalue weighted by Crippen LogP contribution is 2.35. The highest BCUT2D eigenvalue weighted by molar-refractivity contribution is 5.16. The van der Waals surface area contributed by atoms with Crippen molar-refractivity contribution < 1.29 is 0 Å². The third-order valence-electron chi connectivity index (χ3n) is 2.78. The summed E-state index contributed by atoms with van der Waals surface area (Å²) < 4.78 is 0. The largest absolute Gasteiger partial charge is 0.313 e. The van der Waals surface area contributed by atoms with Gasteiger partial charge in [-0.15, -0.1) is 0 Å². The molecule has 1 aromatic rings. The monoisotopic (exact) mass is 191 g/mol. The normalized spacial score (nSPS) is 16.7. The number of rotatable bonds is 3. The minimum atomic E-state index is 0.701. The summed E-state index contributed by atoms with van der Waals surface area (Å²) in [6.45, 7) is 2.81. The molecule has 3 nitrogen and oxygen atoms in total. The zero-order chi connectivity index (χ0) is 9.97. The average molecular weight is 191 g/mol. The molecule has 0 bridgehead atoms. The van der Waals surface area contributed by atoms with E-state index >= 15 is 0 Å². The molecule has 0 atom stereocenters. The Morgan fingerprint density at radius 2 is 2.21 bits per heavy atom. The predicted molar refractivity (Wildman–Crippen MR) is 56.1 cm³/mol. The van der Waals surface area contributed by atoms with E-state index in [1.165, 1.54) is 25.0 Å². The van der Waals surface area contributed by atoms with Crippen molar-refractivity contribution in [3.63, 3.8) is 0 Å². The van der Waals surface area contributed by atoms with Crippen molar-refractivity contribution in [2.24, 2.45) is 0 Å². The number of nitrogens with one attached hydrogen (secondary N) is 1. The molecular formula is C11H17N3. The molecule has 1 fully saturated rings. The zero-order valence-corrected chi connectivity index (χ0v) is 8.88. The van der Waals surface area contributed by atoms with Crippen LogP contribution >= 0.6 is 0 Å². The van der Waals surface area contributed by atoms with Gasteiger partial charge in [0, 0.05) is 17.3 Å². The van der Waals surface area contributed by atoms with E-state index in [1.807, 2.05) is 14.0 Å². The molecule has 1 heterocycles. The van der Waals surface area contributed by atoms with E-state index in [4.69, 9.17) is 0 Å². The molecule has 1 saturated carbocycles. The van der Waals surface area contributed by atoms with Crippen LogP contribution < -0.4 is 5.32 Å². The van der Waals surface area contributed by atoms with Gasteiger partial charge in [0.1, 0.15) is 5.82 Å². The highest BCUT2D eigenvalue weighted by atomic mass is 15.0. The Kier molecular flexibility index (Phi) is 2.77. The molecule has 1 aromatic heterocycles. The number of hydrogen-bond acceptors (Lipinski definition) is 3. The molecule has 0 amide bonds. The van der Waals surface area contributed by atoms with Gasteiger partial charge in [-0.2, -0.15) is 0 Å². The van der Waals surface area contributed by atoms with Crippen LogP contribution in [0.1, 0.15) is 42.4 Å². The molecule has 0 radical (unpaired) electrons. The summed E-state index contributed by atoms with van der Waals surface area (Å²) in [5.74, 6) is 1.63. The Bertz CT molecular complexity index is 318. The van der Waals surface area contributed by atoms with E-state index in [9.17, 15) is 0 Å². The molecule has 76 valence electrons. The molecule has 1 N–H and O–H groups in total. The third kappa shape index (κ3) is 1.93. The van der Waals surface area contributed by atoms with Crippen LogP contribution in [0.2, 0.25) is 0 Å². The van der Waals surface area contributed by atoms with Crippen molar-refractivity contribution in [1.82, 2.24) is 15.3 Å². The number of aryl methyl sites for hydroxylation is 1. The maximum Gasteiger partial charge on any atom is 0.142 e. The van der Waals surface area contributed by atoms with E-state index in [1.54, 1.807) is 0 Å². The van der Waals surface area contributed by atoms with Crippen LogP contribution in [0.5, 0.6) is 0 Å². The van der Waals surface area contributed by atoms with Gasteiger partial charge in [-0.25, -0.2) is 9.97 Å². The molecule has 14 heavy (non-hydrogen) atoms. The van der Waals surface area contributed by atoms with Crippen molar-refractivity contribution in [3.05, 3.63) is 23.3 Å². The average Bonchev–Trinajstić information content (AvgIpc) is 1.99. The fraction of sp³-hybridized carbons (Fsp3) is 0.636. The lowest BCUT2D eigenvalue weighted by Crippen LogP contribution is -2.15. The van der Waals surface area contributed by atoms with Gasteiger partial charge in [0.05, 0.1) is 6.54 Å². The van der Waals surface area contributed by atoms with Crippen LogP contribution in [0.3, 0.4) is 0 Å². The lowest BCUT2D eigenvalue weighted by Gasteiger charge is -2.25. The number of hydrogen-bond donors (Lipinski definition) is 1. The van der Waals surface area contributed by atoms with Gasteiger partial charge in [-0.3, -0.25) is 0 Å². The second-order valence-corrected chi connectivity index (χ2v) is 4.01. The second kappa shape index (κ2) is 4.05. The van der Waals surface area contributed by atoms with E-state index in [0.717, 1.165) is 18.1 Å². The van der Waals surface area contributed by atoms with Crippen LogP contribution in [0.4, 0.5) is 0 Å². The first-order chi connectivity index (χ1) is 6.79. The Balaban J connectivity index is 2.21. The SMILES string of the molecule is CNCc1nc(C)cc(C2CCC2)n1. The summed E-state index contributed by atoms with van der Waals surface area (Å²) in [5, 5.41) is 3.09. The van der Waals surface area contributed by atoms with Gasteiger partial charge in [-0.1, -0.05) is 6.42 Å².